The molecular formula is C13H14BrClN3OP. The maximum Gasteiger partial charge on any atom is 0.224 e. The number of nitrogens with one attached hydrogen (secondary N) is 1. The lowest BCUT2D eigenvalue weighted by Gasteiger charge is -2.16. The molecule has 4 nitrogen and oxygen atoms in total. The van der Waals surface area contributed by atoms with Gasteiger partial charge in [-0.25, -0.2) is 4.98 Å². The highest BCUT2D eigenvalue weighted by Crippen LogP contribution is 2.39. The minimum absolute atomic E-state index is 0.153. The number of nitrogens with zero attached hydrogens (tertiary/aromatic N) is 2. The van der Waals surface area contributed by atoms with Gasteiger partial charge in [0.1, 0.15) is 13.0 Å². The van der Waals surface area contributed by atoms with Crippen LogP contribution in [0.1, 0.15) is 5.56 Å². The number of aromatic nitrogens is 2. The van der Waals surface area contributed by atoms with E-state index in [1.165, 1.54) is 0 Å². The Bertz CT molecular complexity index is 702. The third-order valence-corrected chi connectivity index (χ3v) is 4.99. The number of benzene rings is 1. The summed E-state index contributed by atoms with van der Waals surface area (Å²) < 4.78 is 13.1. The molecule has 106 valence electrons. The first-order valence-corrected chi connectivity index (χ1v) is 9.66. The summed E-state index contributed by atoms with van der Waals surface area (Å²) in [5, 5.41) is 4.10. The molecule has 0 aliphatic carbocycles. The van der Waals surface area contributed by atoms with Gasteiger partial charge in [0, 0.05) is 11.5 Å². The Kier molecular flexibility index (Phi) is 4.52. The first kappa shape index (κ1) is 15.5. The fraction of sp³-hybridized carbons (Fsp3) is 0.231. The zero-order valence-corrected chi connectivity index (χ0v) is 14.6. The van der Waals surface area contributed by atoms with Gasteiger partial charge in [-0.2, -0.15) is 4.98 Å². The molecule has 0 saturated heterocycles. The molecule has 20 heavy (non-hydrogen) atoms. The van der Waals surface area contributed by atoms with E-state index in [4.69, 9.17) is 11.6 Å². The summed E-state index contributed by atoms with van der Waals surface area (Å²) in [5.41, 5.74) is 1.83. The molecule has 1 N–H and O–H groups in total. The molecule has 0 aliphatic rings. The van der Waals surface area contributed by atoms with Crippen LogP contribution in [-0.4, -0.2) is 23.3 Å². The number of hydrogen-bond acceptors (Lipinski definition) is 4. The van der Waals surface area contributed by atoms with Crippen LogP contribution in [0.5, 0.6) is 0 Å². The number of rotatable bonds is 3. The van der Waals surface area contributed by atoms with Crippen molar-refractivity contribution in [1.29, 1.82) is 0 Å². The molecule has 0 unspecified atom stereocenters. The summed E-state index contributed by atoms with van der Waals surface area (Å²) in [4.78, 5) is 8.00. The molecule has 0 saturated carbocycles. The van der Waals surface area contributed by atoms with E-state index in [1.807, 2.05) is 25.1 Å². The van der Waals surface area contributed by atoms with E-state index in [-0.39, 0.29) is 5.28 Å². The minimum atomic E-state index is -2.40. The summed E-state index contributed by atoms with van der Waals surface area (Å²) in [5.74, 6) is 0.545. The molecule has 0 aliphatic heterocycles. The molecule has 0 amide bonds. The highest BCUT2D eigenvalue weighted by atomic mass is 79.9. The molecule has 1 aromatic carbocycles. The first-order chi connectivity index (χ1) is 9.27. The molecule has 0 bridgehead atoms. The van der Waals surface area contributed by atoms with E-state index < -0.39 is 7.14 Å². The molecule has 1 aromatic heterocycles. The van der Waals surface area contributed by atoms with Crippen LogP contribution in [0.25, 0.3) is 0 Å². The largest absolute Gasteiger partial charge is 0.339 e. The van der Waals surface area contributed by atoms with Crippen LogP contribution in [-0.2, 0) is 4.57 Å². The fourth-order valence-corrected chi connectivity index (χ4v) is 3.40. The lowest BCUT2D eigenvalue weighted by atomic mass is 10.2. The first-order valence-electron chi connectivity index (χ1n) is 5.88. The SMILES string of the molecule is Cc1ccc(Nc2nc(Cl)ncc2Br)c(P(C)(C)=O)c1. The van der Waals surface area contributed by atoms with Gasteiger partial charge in [-0.3, -0.25) is 0 Å². The van der Waals surface area contributed by atoms with Gasteiger partial charge in [-0.05, 0) is 59.9 Å². The van der Waals surface area contributed by atoms with Crippen molar-refractivity contribution in [3.8, 4) is 0 Å². The summed E-state index contributed by atoms with van der Waals surface area (Å²) in [6, 6.07) is 5.78. The second-order valence-electron chi connectivity index (χ2n) is 4.83. The molecule has 2 rings (SSSR count). The van der Waals surface area contributed by atoms with Crippen LogP contribution < -0.4 is 10.6 Å². The van der Waals surface area contributed by atoms with E-state index in [1.54, 1.807) is 19.5 Å². The van der Waals surface area contributed by atoms with Gasteiger partial charge in [0.2, 0.25) is 5.28 Å². The van der Waals surface area contributed by atoms with Gasteiger partial charge >= 0.3 is 0 Å². The standard InChI is InChI=1S/C13H14BrClN3OP/c1-8-4-5-10(11(6-8)20(2,3)19)17-12-9(14)7-16-13(15)18-12/h4-7H,1-3H3,(H,16,17,18). The third kappa shape index (κ3) is 3.60. The molecular weight excluding hydrogens is 360 g/mol. The quantitative estimate of drug-likeness (QED) is 0.646. The van der Waals surface area contributed by atoms with Gasteiger partial charge in [0.25, 0.3) is 0 Å². The second-order valence-corrected chi connectivity index (χ2v) is 9.21. The zero-order chi connectivity index (χ0) is 14.9. The topological polar surface area (TPSA) is 54.9 Å². The van der Waals surface area contributed by atoms with Crippen LogP contribution in [0.4, 0.5) is 11.5 Å². The maximum atomic E-state index is 12.4. The van der Waals surface area contributed by atoms with E-state index >= 15 is 0 Å². The maximum absolute atomic E-state index is 12.4. The summed E-state index contributed by atoms with van der Waals surface area (Å²) in [6.07, 6.45) is 1.57. The van der Waals surface area contributed by atoms with Crippen molar-refractivity contribution in [1.82, 2.24) is 9.97 Å². The lowest BCUT2D eigenvalue weighted by molar-refractivity contribution is 0.588. The Balaban J connectivity index is 2.49. The normalized spacial score (nSPS) is 11.4. The summed E-state index contributed by atoms with van der Waals surface area (Å²) in [7, 11) is -2.40. The molecule has 2 aromatic rings. The lowest BCUT2D eigenvalue weighted by Crippen LogP contribution is -2.11. The Morgan fingerprint density at radius 3 is 2.70 bits per heavy atom. The van der Waals surface area contributed by atoms with Gasteiger partial charge in [0.15, 0.2) is 0 Å². The predicted octanol–water partition coefficient (Wildman–Crippen LogP) is 4.19. The van der Waals surface area contributed by atoms with Crippen LogP contribution >= 0.6 is 34.7 Å². The van der Waals surface area contributed by atoms with Crippen molar-refractivity contribution in [2.75, 3.05) is 18.6 Å². The Morgan fingerprint density at radius 1 is 1.35 bits per heavy atom. The fourth-order valence-electron chi connectivity index (χ4n) is 1.75. The van der Waals surface area contributed by atoms with Crippen molar-refractivity contribution >= 4 is 51.5 Å². The van der Waals surface area contributed by atoms with E-state index in [0.717, 1.165) is 16.6 Å². The Morgan fingerprint density at radius 2 is 2.05 bits per heavy atom. The highest BCUT2D eigenvalue weighted by molar-refractivity contribution is 9.10. The van der Waals surface area contributed by atoms with Crippen LogP contribution in [0, 0.1) is 6.92 Å². The van der Waals surface area contributed by atoms with Crippen molar-refractivity contribution in [2.45, 2.75) is 6.92 Å². The van der Waals surface area contributed by atoms with Gasteiger partial charge < -0.3 is 9.88 Å². The van der Waals surface area contributed by atoms with Gasteiger partial charge in [-0.15, -0.1) is 0 Å². The van der Waals surface area contributed by atoms with Gasteiger partial charge in [-0.1, -0.05) is 11.6 Å². The van der Waals surface area contributed by atoms with Crippen molar-refractivity contribution in [2.24, 2.45) is 0 Å². The number of anilines is 2. The minimum Gasteiger partial charge on any atom is -0.339 e. The zero-order valence-electron chi connectivity index (χ0n) is 11.3. The molecule has 0 fully saturated rings. The molecule has 7 heteroatoms. The van der Waals surface area contributed by atoms with Crippen LogP contribution in [0.3, 0.4) is 0 Å². The molecule has 1 heterocycles. The van der Waals surface area contributed by atoms with E-state index in [2.05, 4.69) is 31.2 Å². The molecule has 0 spiro atoms. The molecule has 0 radical (unpaired) electrons. The number of hydrogen-bond donors (Lipinski definition) is 1. The van der Waals surface area contributed by atoms with Gasteiger partial charge in [0.05, 0.1) is 10.2 Å². The third-order valence-electron chi connectivity index (χ3n) is 2.70. The Labute approximate surface area is 131 Å². The monoisotopic (exact) mass is 373 g/mol. The van der Waals surface area contributed by atoms with Crippen molar-refractivity contribution < 1.29 is 4.57 Å². The smallest absolute Gasteiger partial charge is 0.224 e. The number of halogens is 2. The van der Waals surface area contributed by atoms with Crippen LogP contribution in [0.15, 0.2) is 28.9 Å². The van der Waals surface area contributed by atoms with Crippen LogP contribution in [0.2, 0.25) is 5.28 Å². The van der Waals surface area contributed by atoms with E-state index in [9.17, 15) is 4.57 Å². The van der Waals surface area contributed by atoms with Crippen molar-refractivity contribution in [3.63, 3.8) is 0 Å². The Hall–Kier alpha value is -0.900. The molecule has 0 atom stereocenters. The average Bonchev–Trinajstić information content (AvgIpc) is 2.34. The highest BCUT2D eigenvalue weighted by Gasteiger charge is 2.17. The predicted molar refractivity (Wildman–Crippen MR) is 88.3 cm³/mol. The average molecular weight is 375 g/mol. The summed E-state index contributed by atoms with van der Waals surface area (Å²) in [6.45, 7) is 5.46. The number of aryl methyl sites for hydroxylation is 1. The summed E-state index contributed by atoms with van der Waals surface area (Å²) >= 11 is 9.16. The van der Waals surface area contributed by atoms with E-state index in [0.29, 0.717) is 10.3 Å². The van der Waals surface area contributed by atoms with Crippen molar-refractivity contribution in [3.05, 3.63) is 39.7 Å². The second kappa shape index (κ2) is 5.84.